The second-order valence-electron chi connectivity index (χ2n) is 9.86. The third kappa shape index (κ3) is 5.22. The van der Waals surface area contributed by atoms with Crippen molar-refractivity contribution in [3.63, 3.8) is 0 Å². The molecule has 0 radical (unpaired) electrons. The van der Waals surface area contributed by atoms with E-state index in [-0.39, 0.29) is 23.7 Å². The number of nitrogens with one attached hydrogen (secondary N) is 1. The van der Waals surface area contributed by atoms with E-state index < -0.39 is 0 Å². The molecule has 1 aliphatic rings. The summed E-state index contributed by atoms with van der Waals surface area (Å²) in [6, 6.07) is 13.4. The van der Waals surface area contributed by atoms with Gasteiger partial charge in [-0.1, -0.05) is 24.3 Å². The number of likely N-dealkylation sites (tertiary alicyclic amines) is 1. The number of aromatic nitrogens is 3. The molecule has 1 saturated heterocycles. The Bertz CT molecular complexity index is 1730. The molecule has 4 heterocycles. The number of carbonyl (C=O) groups is 2. The number of halogens is 1. The van der Waals surface area contributed by atoms with Crippen LogP contribution >= 0.6 is 22.7 Å². The topological polar surface area (TPSA) is 88.8 Å². The lowest BCUT2D eigenvalue weighted by Gasteiger charge is -2.35. The number of nitrogens with zero attached hydrogens (tertiary/aromatic N) is 4. The predicted molar refractivity (Wildman–Crippen MR) is 158 cm³/mol. The molecule has 0 bridgehead atoms. The average Bonchev–Trinajstić information content (AvgIpc) is 3.71. The van der Waals surface area contributed by atoms with E-state index in [0.29, 0.717) is 51.4 Å². The molecule has 2 aromatic carbocycles. The average molecular weight is 590 g/mol. The quantitative estimate of drug-likeness (QED) is 0.249. The third-order valence-electron chi connectivity index (χ3n) is 7.31. The molecular weight excluding hydrogens is 561 g/mol. The molecule has 0 spiro atoms. The number of carbonyl (C=O) groups excluding carboxylic acids is 2. The normalized spacial score (nSPS) is 15.3. The zero-order valence-electron chi connectivity index (χ0n) is 22.6. The van der Waals surface area contributed by atoms with Crippen LogP contribution in [0.5, 0.6) is 5.75 Å². The Morgan fingerprint density at radius 1 is 1.12 bits per heavy atom. The van der Waals surface area contributed by atoms with Gasteiger partial charge in [-0.2, -0.15) is 0 Å². The minimum atomic E-state index is -0.351. The van der Waals surface area contributed by atoms with E-state index >= 15 is 0 Å². The molecule has 11 heteroatoms. The summed E-state index contributed by atoms with van der Waals surface area (Å²) in [6.07, 6.45) is 4.42. The van der Waals surface area contributed by atoms with Crippen molar-refractivity contribution in [2.75, 3.05) is 20.2 Å². The number of para-hydroxylation sites is 1. The molecule has 210 valence electrons. The SMILES string of the molecule is COc1ccccc1-c1nc(C(=O)N2CCCC[C@H]2CNC(=O)c2c(C)nc3sccn23)c(-c2ccc(F)cc2)s1. The zero-order valence-corrected chi connectivity index (χ0v) is 24.2. The number of ether oxygens (including phenoxy) is 1. The van der Waals surface area contributed by atoms with Gasteiger partial charge in [0.2, 0.25) is 0 Å². The number of piperidine rings is 1. The van der Waals surface area contributed by atoms with Gasteiger partial charge in [-0.05, 0) is 56.0 Å². The molecule has 2 amide bonds. The number of benzene rings is 2. The van der Waals surface area contributed by atoms with Crippen molar-refractivity contribution in [2.45, 2.75) is 32.2 Å². The van der Waals surface area contributed by atoms with Crippen LogP contribution in [-0.4, -0.2) is 57.3 Å². The fraction of sp³-hybridized carbons (Fsp3) is 0.267. The Morgan fingerprint density at radius 3 is 2.73 bits per heavy atom. The highest BCUT2D eigenvalue weighted by atomic mass is 32.1. The number of hydrogen-bond acceptors (Lipinski definition) is 7. The summed E-state index contributed by atoms with van der Waals surface area (Å²) < 4.78 is 21.1. The molecule has 3 aromatic heterocycles. The van der Waals surface area contributed by atoms with E-state index in [1.807, 2.05) is 47.7 Å². The van der Waals surface area contributed by atoms with Gasteiger partial charge in [0.05, 0.1) is 23.2 Å². The van der Waals surface area contributed by atoms with Crippen molar-refractivity contribution in [3.8, 4) is 26.8 Å². The second kappa shape index (κ2) is 11.4. The molecule has 41 heavy (non-hydrogen) atoms. The van der Waals surface area contributed by atoms with Crippen LogP contribution in [0.1, 0.15) is 45.9 Å². The Labute approximate surface area is 244 Å². The monoisotopic (exact) mass is 589 g/mol. The summed E-state index contributed by atoms with van der Waals surface area (Å²) in [5.41, 5.74) is 2.98. The third-order valence-corrected chi connectivity index (χ3v) is 9.21. The van der Waals surface area contributed by atoms with Gasteiger partial charge in [-0.15, -0.1) is 22.7 Å². The molecule has 5 aromatic rings. The van der Waals surface area contributed by atoms with Crippen molar-refractivity contribution in [1.29, 1.82) is 0 Å². The van der Waals surface area contributed by atoms with Crippen LogP contribution in [0.25, 0.3) is 26.0 Å². The standard InChI is InChI=1S/C30H28FN5O3S2/c1-18-25(36-15-16-40-30(36)33-18)27(37)32-17-21-7-5-6-14-35(21)29(38)24-26(19-10-12-20(31)13-11-19)41-28(34-24)22-8-3-4-9-23(22)39-2/h3-4,8-13,15-16,21H,5-7,14,17H2,1-2H3,(H,32,37)/t21-/m0/s1. The zero-order chi connectivity index (χ0) is 28.5. The van der Waals surface area contributed by atoms with Crippen LogP contribution < -0.4 is 10.1 Å². The van der Waals surface area contributed by atoms with E-state index in [9.17, 15) is 14.0 Å². The van der Waals surface area contributed by atoms with Crippen LogP contribution in [0.2, 0.25) is 0 Å². The molecule has 0 unspecified atom stereocenters. The van der Waals surface area contributed by atoms with E-state index in [1.54, 1.807) is 23.6 Å². The maximum absolute atomic E-state index is 14.2. The molecule has 0 aliphatic carbocycles. The molecular formula is C30H28FN5O3S2. The largest absolute Gasteiger partial charge is 0.496 e. The Morgan fingerprint density at radius 2 is 1.93 bits per heavy atom. The summed E-state index contributed by atoms with van der Waals surface area (Å²) in [6.45, 7) is 2.70. The fourth-order valence-corrected chi connectivity index (χ4v) is 7.13. The molecule has 1 fully saturated rings. The number of hydrogen-bond donors (Lipinski definition) is 1. The number of thiazole rings is 2. The summed E-state index contributed by atoms with van der Waals surface area (Å²) in [4.78, 5) is 39.9. The smallest absolute Gasteiger partial charge is 0.274 e. The van der Waals surface area contributed by atoms with Crippen molar-refractivity contribution in [2.24, 2.45) is 0 Å². The van der Waals surface area contributed by atoms with Gasteiger partial charge >= 0.3 is 0 Å². The summed E-state index contributed by atoms with van der Waals surface area (Å²) in [5.74, 6) is -0.123. The van der Waals surface area contributed by atoms with Gasteiger partial charge in [0.25, 0.3) is 11.8 Å². The second-order valence-corrected chi connectivity index (χ2v) is 11.7. The molecule has 8 nitrogen and oxygen atoms in total. The molecule has 6 rings (SSSR count). The number of aryl methyl sites for hydroxylation is 1. The molecule has 1 atom stereocenters. The molecule has 1 N–H and O–H groups in total. The predicted octanol–water partition coefficient (Wildman–Crippen LogP) is 6.07. The summed E-state index contributed by atoms with van der Waals surface area (Å²) >= 11 is 2.85. The van der Waals surface area contributed by atoms with Crippen molar-refractivity contribution >= 4 is 39.4 Å². The van der Waals surface area contributed by atoms with Gasteiger partial charge in [0.15, 0.2) is 4.96 Å². The van der Waals surface area contributed by atoms with Gasteiger partial charge in [-0.25, -0.2) is 14.4 Å². The van der Waals surface area contributed by atoms with Gasteiger partial charge < -0.3 is 15.0 Å². The van der Waals surface area contributed by atoms with E-state index in [1.165, 1.54) is 34.8 Å². The lowest BCUT2D eigenvalue weighted by Crippen LogP contribution is -2.49. The van der Waals surface area contributed by atoms with Crippen LogP contribution in [0.4, 0.5) is 4.39 Å². The van der Waals surface area contributed by atoms with Gasteiger partial charge in [-0.3, -0.25) is 14.0 Å². The first-order valence-electron chi connectivity index (χ1n) is 13.4. The highest BCUT2D eigenvalue weighted by Crippen LogP contribution is 2.40. The summed E-state index contributed by atoms with van der Waals surface area (Å²) in [5, 5.41) is 5.58. The Hall–Kier alpha value is -4.09. The fourth-order valence-electron chi connectivity index (χ4n) is 5.28. The molecule has 1 aliphatic heterocycles. The number of imidazole rings is 1. The maximum atomic E-state index is 14.2. The van der Waals surface area contributed by atoms with Crippen LogP contribution in [-0.2, 0) is 0 Å². The summed E-state index contributed by atoms with van der Waals surface area (Å²) in [7, 11) is 1.60. The van der Waals surface area contributed by atoms with Gasteiger partial charge in [0.1, 0.15) is 28.0 Å². The maximum Gasteiger partial charge on any atom is 0.274 e. The number of rotatable bonds is 7. The number of methoxy groups -OCH3 is 1. The first-order chi connectivity index (χ1) is 19.9. The first-order valence-corrected chi connectivity index (χ1v) is 15.1. The van der Waals surface area contributed by atoms with Crippen molar-refractivity contribution in [1.82, 2.24) is 24.6 Å². The highest BCUT2D eigenvalue weighted by molar-refractivity contribution is 7.18. The van der Waals surface area contributed by atoms with Crippen LogP contribution in [0, 0.1) is 12.7 Å². The lowest BCUT2D eigenvalue weighted by molar-refractivity contribution is 0.0598. The van der Waals surface area contributed by atoms with Crippen molar-refractivity contribution in [3.05, 3.63) is 83.0 Å². The Kier molecular flexibility index (Phi) is 7.55. The van der Waals surface area contributed by atoms with Gasteiger partial charge in [0, 0.05) is 30.7 Å². The number of amides is 2. The molecule has 0 saturated carbocycles. The number of fused-ring (bicyclic) bond motifs is 1. The van der Waals surface area contributed by atoms with E-state index in [4.69, 9.17) is 9.72 Å². The minimum Gasteiger partial charge on any atom is -0.496 e. The van der Waals surface area contributed by atoms with E-state index in [2.05, 4.69) is 10.3 Å². The van der Waals surface area contributed by atoms with E-state index in [0.717, 1.165) is 29.8 Å². The lowest BCUT2D eigenvalue weighted by atomic mass is 10.0. The minimum absolute atomic E-state index is 0.191. The van der Waals surface area contributed by atoms with Crippen LogP contribution in [0.15, 0.2) is 60.1 Å². The van der Waals surface area contributed by atoms with Crippen LogP contribution in [0.3, 0.4) is 0 Å². The van der Waals surface area contributed by atoms with Crippen molar-refractivity contribution < 1.29 is 18.7 Å². The first kappa shape index (κ1) is 27.1. The highest BCUT2D eigenvalue weighted by Gasteiger charge is 2.32. The Balaban J connectivity index is 1.31.